The summed E-state index contributed by atoms with van der Waals surface area (Å²) in [5.74, 6) is -0.0820. The van der Waals surface area contributed by atoms with Gasteiger partial charge in [0, 0.05) is 12.5 Å². The Bertz CT molecular complexity index is 344. The standard InChI is InChI=1S/C12H21N3O4/c1-8(10(16)14-12(13)17)15-4-2-3-9(7-15)11-18-5-6-19-11/h8-9,11H,2-7H2,1H3,(H3,13,14,16,17)/t8-,9+/m1/s1. The number of amides is 3. The second-order valence-electron chi connectivity index (χ2n) is 5.04. The van der Waals surface area contributed by atoms with Crippen molar-refractivity contribution < 1.29 is 19.1 Å². The summed E-state index contributed by atoms with van der Waals surface area (Å²) in [6, 6.07) is -1.19. The normalized spacial score (nSPS) is 27.1. The summed E-state index contributed by atoms with van der Waals surface area (Å²) in [7, 11) is 0. The monoisotopic (exact) mass is 271 g/mol. The van der Waals surface area contributed by atoms with Gasteiger partial charge in [0.15, 0.2) is 6.29 Å². The van der Waals surface area contributed by atoms with Gasteiger partial charge in [0.25, 0.3) is 0 Å². The van der Waals surface area contributed by atoms with E-state index < -0.39 is 6.03 Å². The van der Waals surface area contributed by atoms with E-state index >= 15 is 0 Å². The van der Waals surface area contributed by atoms with Crippen molar-refractivity contribution in [2.24, 2.45) is 11.7 Å². The lowest BCUT2D eigenvalue weighted by Gasteiger charge is -2.37. The van der Waals surface area contributed by atoms with E-state index in [4.69, 9.17) is 15.2 Å². The van der Waals surface area contributed by atoms with E-state index in [2.05, 4.69) is 5.32 Å². The molecule has 0 aliphatic carbocycles. The number of ether oxygens (including phenoxy) is 2. The first-order valence-corrected chi connectivity index (χ1v) is 6.65. The number of urea groups is 1. The number of carbonyl (C=O) groups is 2. The predicted octanol–water partition coefficient (Wildman–Crippen LogP) is -0.345. The Labute approximate surface area is 112 Å². The molecule has 0 bridgehead atoms. The van der Waals surface area contributed by atoms with Gasteiger partial charge >= 0.3 is 6.03 Å². The lowest BCUT2D eigenvalue weighted by molar-refractivity contribution is -0.129. The van der Waals surface area contributed by atoms with Crippen LogP contribution >= 0.6 is 0 Å². The van der Waals surface area contributed by atoms with Crippen LogP contribution in [-0.4, -0.2) is 55.5 Å². The van der Waals surface area contributed by atoms with Gasteiger partial charge < -0.3 is 15.2 Å². The van der Waals surface area contributed by atoms with Crippen LogP contribution in [0, 0.1) is 5.92 Å². The second kappa shape index (κ2) is 6.31. The minimum atomic E-state index is -0.812. The molecule has 0 unspecified atom stereocenters. The summed E-state index contributed by atoms with van der Waals surface area (Å²) >= 11 is 0. The maximum absolute atomic E-state index is 11.8. The molecule has 0 aromatic heterocycles. The second-order valence-corrected chi connectivity index (χ2v) is 5.04. The van der Waals surface area contributed by atoms with Gasteiger partial charge in [-0.2, -0.15) is 0 Å². The maximum atomic E-state index is 11.8. The third kappa shape index (κ3) is 3.65. The van der Waals surface area contributed by atoms with Gasteiger partial charge in [0.2, 0.25) is 5.91 Å². The molecule has 3 N–H and O–H groups in total. The highest BCUT2D eigenvalue weighted by molar-refractivity contribution is 5.96. The zero-order chi connectivity index (χ0) is 13.8. The van der Waals surface area contributed by atoms with Crippen LogP contribution < -0.4 is 11.1 Å². The number of likely N-dealkylation sites (tertiary alicyclic amines) is 1. The summed E-state index contributed by atoms with van der Waals surface area (Å²) < 4.78 is 11.0. The molecule has 108 valence electrons. The molecule has 0 aromatic rings. The zero-order valence-electron chi connectivity index (χ0n) is 11.1. The topological polar surface area (TPSA) is 93.9 Å². The highest BCUT2D eigenvalue weighted by atomic mass is 16.7. The fourth-order valence-electron chi connectivity index (χ4n) is 2.65. The van der Waals surface area contributed by atoms with Crippen molar-refractivity contribution in [2.75, 3.05) is 26.3 Å². The molecule has 2 aliphatic heterocycles. The molecule has 0 saturated carbocycles. The van der Waals surface area contributed by atoms with Gasteiger partial charge in [-0.15, -0.1) is 0 Å². The number of piperidine rings is 1. The third-order valence-corrected chi connectivity index (χ3v) is 3.70. The van der Waals surface area contributed by atoms with Gasteiger partial charge in [-0.05, 0) is 26.3 Å². The largest absolute Gasteiger partial charge is 0.351 e. The SMILES string of the molecule is C[C@H](C(=O)NC(N)=O)N1CCC[C@H](C2OCCO2)C1. The lowest BCUT2D eigenvalue weighted by Crippen LogP contribution is -2.52. The lowest BCUT2D eigenvalue weighted by atomic mass is 9.96. The first kappa shape index (κ1) is 14.2. The highest BCUT2D eigenvalue weighted by Gasteiger charge is 2.34. The van der Waals surface area contributed by atoms with Crippen LogP contribution in [0.15, 0.2) is 0 Å². The minimum absolute atomic E-state index is 0.158. The first-order chi connectivity index (χ1) is 9.08. The Morgan fingerprint density at radius 1 is 1.37 bits per heavy atom. The van der Waals surface area contributed by atoms with Crippen LogP contribution in [0.4, 0.5) is 4.79 Å². The van der Waals surface area contributed by atoms with Crippen LogP contribution in [0.1, 0.15) is 19.8 Å². The molecule has 3 amide bonds. The molecular formula is C12H21N3O4. The molecule has 2 fully saturated rings. The van der Waals surface area contributed by atoms with Crippen LogP contribution in [0.5, 0.6) is 0 Å². The average molecular weight is 271 g/mol. The molecule has 2 heterocycles. The van der Waals surface area contributed by atoms with E-state index in [1.165, 1.54) is 0 Å². The average Bonchev–Trinajstić information content (AvgIpc) is 2.91. The number of rotatable bonds is 3. The van der Waals surface area contributed by atoms with Crippen molar-refractivity contribution in [1.29, 1.82) is 0 Å². The minimum Gasteiger partial charge on any atom is -0.351 e. The van der Waals surface area contributed by atoms with Gasteiger partial charge in [-0.1, -0.05) is 0 Å². The number of hydrogen-bond donors (Lipinski definition) is 2. The van der Waals surface area contributed by atoms with Crippen molar-refractivity contribution in [3.05, 3.63) is 0 Å². The first-order valence-electron chi connectivity index (χ1n) is 6.65. The molecule has 0 spiro atoms. The molecule has 2 rings (SSSR count). The van der Waals surface area contributed by atoms with Crippen LogP contribution in [0.2, 0.25) is 0 Å². The smallest absolute Gasteiger partial charge is 0.318 e. The van der Waals surface area contributed by atoms with Gasteiger partial charge in [0.1, 0.15) is 0 Å². The predicted molar refractivity (Wildman–Crippen MR) is 67.2 cm³/mol. The summed E-state index contributed by atoms with van der Waals surface area (Å²) in [6.07, 6.45) is 1.86. The number of nitrogens with two attached hydrogens (primary N) is 1. The highest BCUT2D eigenvalue weighted by Crippen LogP contribution is 2.25. The number of nitrogens with zero attached hydrogens (tertiary/aromatic N) is 1. The van der Waals surface area contributed by atoms with E-state index in [0.29, 0.717) is 13.2 Å². The molecular weight excluding hydrogens is 250 g/mol. The summed E-state index contributed by atoms with van der Waals surface area (Å²) in [5.41, 5.74) is 4.96. The molecule has 7 heteroatoms. The Kier molecular flexibility index (Phi) is 4.73. The number of primary amides is 1. The Morgan fingerprint density at radius 2 is 2.05 bits per heavy atom. The van der Waals surface area contributed by atoms with E-state index in [1.54, 1.807) is 6.92 Å². The van der Waals surface area contributed by atoms with Crippen molar-refractivity contribution in [1.82, 2.24) is 10.2 Å². The van der Waals surface area contributed by atoms with Crippen LogP contribution in [0.25, 0.3) is 0 Å². The van der Waals surface area contributed by atoms with Gasteiger partial charge in [-0.3, -0.25) is 15.0 Å². The van der Waals surface area contributed by atoms with Gasteiger partial charge in [0.05, 0.1) is 19.3 Å². The fraction of sp³-hybridized carbons (Fsp3) is 0.833. The summed E-state index contributed by atoms with van der Waals surface area (Å²) in [6.45, 7) is 4.61. The molecule has 2 aliphatic rings. The van der Waals surface area contributed by atoms with E-state index in [-0.39, 0.29) is 24.2 Å². The molecule has 7 nitrogen and oxygen atoms in total. The summed E-state index contributed by atoms with van der Waals surface area (Å²) in [5, 5.41) is 2.12. The maximum Gasteiger partial charge on any atom is 0.318 e. The van der Waals surface area contributed by atoms with Crippen molar-refractivity contribution >= 4 is 11.9 Å². The van der Waals surface area contributed by atoms with Crippen LogP contribution in [-0.2, 0) is 14.3 Å². The Balaban J connectivity index is 1.88. The number of imide groups is 1. The third-order valence-electron chi connectivity index (χ3n) is 3.70. The molecule has 0 radical (unpaired) electrons. The Morgan fingerprint density at radius 3 is 2.68 bits per heavy atom. The molecule has 0 aromatic carbocycles. The van der Waals surface area contributed by atoms with E-state index in [1.807, 2.05) is 4.90 Å². The van der Waals surface area contributed by atoms with Crippen LogP contribution in [0.3, 0.4) is 0 Å². The van der Waals surface area contributed by atoms with Gasteiger partial charge in [-0.25, -0.2) is 4.79 Å². The summed E-state index contributed by atoms with van der Waals surface area (Å²) in [4.78, 5) is 24.5. The quantitative estimate of drug-likeness (QED) is 0.732. The number of carbonyl (C=O) groups excluding carboxylic acids is 2. The van der Waals surface area contributed by atoms with E-state index in [0.717, 1.165) is 25.9 Å². The number of nitrogens with one attached hydrogen (secondary N) is 1. The number of hydrogen-bond acceptors (Lipinski definition) is 5. The molecule has 19 heavy (non-hydrogen) atoms. The van der Waals surface area contributed by atoms with Crippen molar-refractivity contribution in [3.63, 3.8) is 0 Å². The molecule has 2 saturated heterocycles. The zero-order valence-corrected chi connectivity index (χ0v) is 11.1. The van der Waals surface area contributed by atoms with E-state index in [9.17, 15) is 9.59 Å². The fourth-order valence-corrected chi connectivity index (χ4v) is 2.65. The van der Waals surface area contributed by atoms with Crippen molar-refractivity contribution in [3.8, 4) is 0 Å². The van der Waals surface area contributed by atoms with Crippen molar-refractivity contribution in [2.45, 2.75) is 32.1 Å². The Hall–Kier alpha value is -1.18. The molecule has 2 atom stereocenters.